The van der Waals surface area contributed by atoms with Gasteiger partial charge in [-0.25, -0.2) is 4.79 Å². The number of carbonyl (C=O) groups excluding carboxylic acids is 1. The molecule has 0 fully saturated rings. The van der Waals surface area contributed by atoms with Crippen LogP contribution in [0.15, 0.2) is 24.3 Å². The van der Waals surface area contributed by atoms with E-state index in [4.69, 9.17) is 0 Å². The molecule has 1 aromatic carbocycles. The van der Waals surface area contributed by atoms with Crippen molar-refractivity contribution in [3.63, 3.8) is 0 Å². The number of carbonyl (C=O) groups is 1. The number of hydrogen-bond donors (Lipinski definition) is 2. The molecule has 94 valence electrons. The fourth-order valence-electron chi connectivity index (χ4n) is 1.36. The summed E-state index contributed by atoms with van der Waals surface area (Å²) in [4.78, 5) is 13.7. The van der Waals surface area contributed by atoms with Gasteiger partial charge in [0.15, 0.2) is 0 Å². The van der Waals surface area contributed by atoms with Crippen molar-refractivity contribution in [1.29, 1.82) is 0 Å². The van der Waals surface area contributed by atoms with Crippen LogP contribution in [0.1, 0.15) is 20.8 Å². The van der Waals surface area contributed by atoms with Crippen molar-refractivity contribution in [3.8, 4) is 0 Å². The van der Waals surface area contributed by atoms with Gasteiger partial charge in [-0.05, 0) is 39.0 Å². The van der Waals surface area contributed by atoms with Gasteiger partial charge in [0.2, 0.25) is 0 Å². The van der Waals surface area contributed by atoms with Gasteiger partial charge < -0.3 is 15.5 Å². The summed E-state index contributed by atoms with van der Waals surface area (Å²) in [6, 6.07) is 7.53. The van der Waals surface area contributed by atoms with Gasteiger partial charge in [-0.15, -0.1) is 0 Å². The van der Waals surface area contributed by atoms with Crippen LogP contribution in [-0.4, -0.2) is 25.7 Å². The van der Waals surface area contributed by atoms with Gasteiger partial charge in [-0.1, -0.05) is 6.07 Å². The molecule has 0 radical (unpaired) electrons. The molecule has 0 atom stereocenters. The molecule has 0 saturated heterocycles. The molecule has 2 N–H and O–H groups in total. The van der Waals surface area contributed by atoms with E-state index in [-0.39, 0.29) is 11.6 Å². The first kappa shape index (κ1) is 13.4. The molecule has 0 aliphatic carbocycles. The van der Waals surface area contributed by atoms with Crippen molar-refractivity contribution in [1.82, 2.24) is 5.32 Å². The SMILES string of the molecule is CN(C)c1cccc(NC(=O)NC(C)(C)C)c1. The van der Waals surface area contributed by atoms with Crippen LogP contribution in [0, 0.1) is 0 Å². The molecule has 17 heavy (non-hydrogen) atoms. The van der Waals surface area contributed by atoms with Gasteiger partial charge in [0, 0.05) is 31.0 Å². The molecule has 4 heteroatoms. The Labute approximate surface area is 103 Å². The zero-order valence-corrected chi connectivity index (χ0v) is 11.2. The number of benzene rings is 1. The topological polar surface area (TPSA) is 44.4 Å². The number of nitrogens with zero attached hydrogens (tertiary/aromatic N) is 1. The zero-order valence-electron chi connectivity index (χ0n) is 11.2. The third kappa shape index (κ3) is 4.76. The molecule has 0 spiro atoms. The molecule has 4 nitrogen and oxygen atoms in total. The highest BCUT2D eigenvalue weighted by Gasteiger charge is 2.13. The molecule has 1 rings (SSSR count). The van der Waals surface area contributed by atoms with E-state index < -0.39 is 0 Å². The van der Waals surface area contributed by atoms with E-state index in [1.807, 2.05) is 64.0 Å². The average molecular weight is 235 g/mol. The summed E-state index contributed by atoms with van der Waals surface area (Å²) in [5.74, 6) is 0. The van der Waals surface area contributed by atoms with Crippen LogP contribution < -0.4 is 15.5 Å². The molecule has 0 aliphatic rings. The molecule has 0 aromatic heterocycles. The van der Waals surface area contributed by atoms with Crippen LogP contribution >= 0.6 is 0 Å². The normalized spacial score (nSPS) is 10.9. The number of rotatable bonds is 2. The zero-order chi connectivity index (χ0) is 13.1. The summed E-state index contributed by atoms with van der Waals surface area (Å²) in [7, 11) is 3.93. The molecule has 0 unspecified atom stereocenters. The fraction of sp³-hybridized carbons (Fsp3) is 0.462. The Morgan fingerprint density at radius 3 is 2.41 bits per heavy atom. The van der Waals surface area contributed by atoms with E-state index in [0.29, 0.717) is 0 Å². The summed E-state index contributed by atoms with van der Waals surface area (Å²) in [5, 5.41) is 5.67. The summed E-state index contributed by atoms with van der Waals surface area (Å²) >= 11 is 0. The van der Waals surface area contributed by atoms with Crippen LogP contribution in [0.2, 0.25) is 0 Å². The number of amides is 2. The van der Waals surface area contributed by atoms with Crippen molar-refractivity contribution < 1.29 is 4.79 Å². The molecular weight excluding hydrogens is 214 g/mol. The first-order chi connectivity index (χ1) is 7.78. The lowest BCUT2D eigenvalue weighted by Gasteiger charge is -2.21. The Morgan fingerprint density at radius 2 is 1.88 bits per heavy atom. The minimum absolute atomic E-state index is 0.187. The van der Waals surface area contributed by atoms with Crippen LogP contribution in [0.4, 0.5) is 16.2 Å². The highest BCUT2D eigenvalue weighted by atomic mass is 16.2. The lowest BCUT2D eigenvalue weighted by molar-refractivity contribution is 0.244. The molecule has 0 heterocycles. The van der Waals surface area contributed by atoms with Crippen molar-refractivity contribution >= 4 is 17.4 Å². The van der Waals surface area contributed by atoms with Crippen LogP contribution in [0.25, 0.3) is 0 Å². The minimum Gasteiger partial charge on any atom is -0.378 e. The lowest BCUT2D eigenvalue weighted by atomic mass is 10.1. The second-order valence-electron chi connectivity index (χ2n) is 5.27. The van der Waals surface area contributed by atoms with Crippen LogP contribution in [0.5, 0.6) is 0 Å². The van der Waals surface area contributed by atoms with Crippen molar-refractivity contribution in [3.05, 3.63) is 24.3 Å². The predicted molar refractivity (Wildman–Crippen MR) is 72.7 cm³/mol. The second-order valence-corrected chi connectivity index (χ2v) is 5.27. The highest BCUT2D eigenvalue weighted by Crippen LogP contribution is 2.17. The smallest absolute Gasteiger partial charge is 0.319 e. The Hall–Kier alpha value is -1.71. The summed E-state index contributed by atoms with van der Waals surface area (Å²) in [6.45, 7) is 5.84. The average Bonchev–Trinajstić information content (AvgIpc) is 2.14. The predicted octanol–water partition coefficient (Wildman–Crippen LogP) is 2.67. The van der Waals surface area contributed by atoms with Gasteiger partial charge in [0.05, 0.1) is 0 Å². The number of hydrogen-bond acceptors (Lipinski definition) is 2. The van der Waals surface area contributed by atoms with Gasteiger partial charge in [-0.3, -0.25) is 0 Å². The van der Waals surface area contributed by atoms with Gasteiger partial charge in [0.25, 0.3) is 0 Å². The maximum Gasteiger partial charge on any atom is 0.319 e. The molecule has 0 bridgehead atoms. The quantitative estimate of drug-likeness (QED) is 0.827. The Kier molecular flexibility index (Phi) is 3.99. The van der Waals surface area contributed by atoms with Gasteiger partial charge in [0.1, 0.15) is 0 Å². The Bertz CT molecular complexity index is 394. The second kappa shape index (κ2) is 5.08. The van der Waals surface area contributed by atoms with Crippen molar-refractivity contribution in [2.75, 3.05) is 24.3 Å². The number of nitrogens with one attached hydrogen (secondary N) is 2. The Balaban J connectivity index is 2.69. The third-order valence-electron chi connectivity index (χ3n) is 2.11. The molecular formula is C13H21N3O. The van der Waals surface area contributed by atoms with Crippen molar-refractivity contribution in [2.24, 2.45) is 0 Å². The number of urea groups is 1. The standard InChI is InChI=1S/C13H21N3O/c1-13(2,3)15-12(17)14-10-7-6-8-11(9-10)16(4)5/h6-9H,1-5H3,(H2,14,15,17). The van der Waals surface area contributed by atoms with E-state index in [2.05, 4.69) is 10.6 Å². The molecule has 1 aromatic rings. The van der Waals surface area contributed by atoms with Crippen molar-refractivity contribution in [2.45, 2.75) is 26.3 Å². The first-order valence-corrected chi connectivity index (χ1v) is 5.64. The fourth-order valence-corrected chi connectivity index (χ4v) is 1.36. The highest BCUT2D eigenvalue weighted by molar-refractivity contribution is 5.90. The van der Waals surface area contributed by atoms with E-state index in [1.165, 1.54) is 0 Å². The third-order valence-corrected chi connectivity index (χ3v) is 2.11. The largest absolute Gasteiger partial charge is 0.378 e. The molecule has 2 amide bonds. The van der Waals surface area contributed by atoms with Crippen LogP contribution in [-0.2, 0) is 0 Å². The Morgan fingerprint density at radius 1 is 1.24 bits per heavy atom. The minimum atomic E-state index is -0.233. The summed E-state index contributed by atoms with van der Waals surface area (Å²) < 4.78 is 0. The summed E-state index contributed by atoms with van der Waals surface area (Å²) in [5.41, 5.74) is 1.61. The van der Waals surface area contributed by atoms with Gasteiger partial charge >= 0.3 is 6.03 Å². The maximum absolute atomic E-state index is 11.7. The van der Waals surface area contributed by atoms with Crippen LogP contribution in [0.3, 0.4) is 0 Å². The molecule has 0 saturated carbocycles. The first-order valence-electron chi connectivity index (χ1n) is 5.64. The van der Waals surface area contributed by atoms with E-state index in [9.17, 15) is 4.79 Å². The monoisotopic (exact) mass is 235 g/mol. The van der Waals surface area contributed by atoms with E-state index >= 15 is 0 Å². The molecule has 0 aliphatic heterocycles. The van der Waals surface area contributed by atoms with E-state index in [0.717, 1.165) is 11.4 Å². The number of anilines is 2. The van der Waals surface area contributed by atoms with E-state index in [1.54, 1.807) is 0 Å². The summed E-state index contributed by atoms with van der Waals surface area (Å²) in [6.07, 6.45) is 0. The van der Waals surface area contributed by atoms with Gasteiger partial charge in [-0.2, -0.15) is 0 Å². The maximum atomic E-state index is 11.7. The lowest BCUT2D eigenvalue weighted by Crippen LogP contribution is -2.43.